The number of halogens is 6. The lowest BCUT2D eigenvalue weighted by molar-refractivity contribution is -0.141. The Morgan fingerprint density at radius 2 is 1.23 bits per heavy atom. The smallest absolute Gasteiger partial charge is 0.433 e. The molecule has 4 saturated heterocycles. The normalized spacial score (nSPS) is 20.7. The molecule has 3 aromatic heterocycles. The highest BCUT2D eigenvalue weighted by Crippen LogP contribution is 2.42. The zero-order valence-corrected chi connectivity index (χ0v) is 35.7. The van der Waals surface area contributed by atoms with Crippen LogP contribution in [0.25, 0.3) is 0 Å². The minimum Gasteiger partial charge on any atom is -0.442 e. The number of nitrogens with zero attached hydrogens (tertiary/aromatic N) is 11. The molecule has 0 spiro atoms. The summed E-state index contributed by atoms with van der Waals surface area (Å²) in [5.41, 5.74) is 3.04. The summed E-state index contributed by atoms with van der Waals surface area (Å²) in [5, 5.41) is 3.01. The first kappa shape index (κ1) is 43.1. The van der Waals surface area contributed by atoms with Crippen LogP contribution in [0.3, 0.4) is 0 Å². The Kier molecular flexibility index (Phi) is 11.1. The molecule has 6 aliphatic rings. The number of ether oxygens (including phenoxy) is 1. The third-order valence-electron chi connectivity index (χ3n) is 12.7. The van der Waals surface area contributed by atoms with Crippen molar-refractivity contribution in [3.05, 3.63) is 88.0 Å². The second-order valence-corrected chi connectivity index (χ2v) is 17.1. The van der Waals surface area contributed by atoms with Gasteiger partial charge in [0, 0.05) is 68.0 Å². The molecule has 10 rings (SSSR count). The SMILES string of the molecule is Cc1nc2c(c(N3CCC3)n1)C(C)N(C(=O)NC1CN(c3ccnc(C(F)(F)F)c3)C1)C2.Cc1nc2c(c(N3CCC3)n1)C(C)N(C(=O)OC1CN(c3cccc(C(F)(F)F)c3)C1)C2. The fourth-order valence-electron chi connectivity index (χ4n) is 8.88. The van der Waals surface area contributed by atoms with E-state index in [1.54, 1.807) is 31.7 Å². The first-order valence-electron chi connectivity index (χ1n) is 21.4. The van der Waals surface area contributed by atoms with E-state index in [4.69, 9.17) is 4.74 Å². The van der Waals surface area contributed by atoms with Gasteiger partial charge in [-0.05, 0) is 70.9 Å². The third-order valence-corrected chi connectivity index (χ3v) is 12.7. The number of urea groups is 1. The number of nitrogens with one attached hydrogen (secondary N) is 1. The molecule has 4 aromatic rings. The summed E-state index contributed by atoms with van der Waals surface area (Å²) in [6, 6.07) is 7.09. The number of aryl methyl sites for hydroxylation is 2. The molecule has 6 aliphatic heterocycles. The van der Waals surface area contributed by atoms with Crippen LogP contribution in [0.15, 0.2) is 42.6 Å². The Morgan fingerprint density at radius 3 is 1.78 bits per heavy atom. The molecule has 0 aliphatic carbocycles. The summed E-state index contributed by atoms with van der Waals surface area (Å²) in [7, 11) is 0. The van der Waals surface area contributed by atoms with E-state index in [0.29, 0.717) is 62.3 Å². The number of carbonyl (C=O) groups excluding carboxylic acids is 2. The second kappa shape index (κ2) is 16.4. The van der Waals surface area contributed by atoms with Gasteiger partial charge in [-0.3, -0.25) is 9.88 Å². The number of alkyl halides is 6. The minimum atomic E-state index is -4.48. The average molecular weight is 895 g/mol. The first-order chi connectivity index (χ1) is 30.4. The Bertz CT molecular complexity index is 2270. The van der Waals surface area contributed by atoms with E-state index >= 15 is 0 Å². The summed E-state index contributed by atoms with van der Waals surface area (Å²) in [4.78, 5) is 59.0. The molecule has 2 atom stereocenters. The van der Waals surface area contributed by atoms with Crippen molar-refractivity contribution in [2.24, 2.45) is 0 Å². The van der Waals surface area contributed by atoms with Gasteiger partial charge in [0.05, 0.1) is 61.3 Å². The zero-order chi connectivity index (χ0) is 45.2. The van der Waals surface area contributed by atoms with Crippen molar-refractivity contribution >= 4 is 35.1 Å². The molecular formula is C43H48F6N12O3. The maximum absolute atomic E-state index is 13.0. The first-order valence-corrected chi connectivity index (χ1v) is 21.4. The van der Waals surface area contributed by atoms with Crippen molar-refractivity contribution in [2.45, 2.75) is 90.2 Å². The topological polar surface area (TPSA) is 139 Å². The van der Waals surface area contributed by atoms with Crippen molar-refractivity contribution in [3.8, 4) is 0 Å². The van der Waals surface area contributed by atoms with Crippen molar-refractivity contribution in [3.63, 3.8) is 0 Å². The monoisotopic (exact) mass is 894 g/mol. The molecule has 1 aromatic carbocycles. The predicted octanol–water partition coefficient (Wildman–Crippen LogP) is 6.80. The van der Waals surface area contributed by atoms with E-state index in [9.17, 15) is 35.9 Å². The Hall–Kier alpha value is -6.15. The Labute approximate surface area is 365 Å². The summed E-state index contributed by atoms with van der Waals surface area (Å²) in [5.74, 6) is 3.21. The fourth-order valence-corrected chi connectivity index (χ4v) is 8.88. The standard InChI is InChI=1S/C22H24F3N5O2.C21H24F3N7O/c1-13-19-18(26-14(2)27-20(19)28-7-4-8-28)12-30(13)21(31)32-17-10-29(11-17)16-6-3-5-15(9-16)22(23,24)25;1-12-18-16(26-13(2)27-19(18)29-6-3-7-29)11-31(12)20(32)28-14-9-30(10-14)15-4-5-25-17(8-15)21(22,23)24/h3,5-6,9,13,17H,4,7-8,10-12H2,1-2H3;4-5,8,12,14H,3,6-7,9-11H2,1-2H3,(H,28,32). The number of pyridine rings is 1. The van der Waals surface area contributed by atoms with Crippen LogP contribution in [0.5, 0.6) is 0 Å². The molecule has 15 nitrogen and oxygen atoms in total. The van der Waals surface area contributed by atoms with Gasteiger partial charge >= 0.3 is 24.5 Å². The van der Waals surface area contributed by atoms with E-state index in [-0.39, 0.29) is 30.3 Å². The number of hydrogen-bond acceptors (Lipinski definition) is 12. The van der Waals surface area contributed by atoms with E-state index in [0.717, 1.165) is 97.6 Å². The fraction of sp³-hybridized carbons (Fsp3) is 0.512. The second-order valence-electron chi connectivity index (χ2n) is 17.1. The number of aromatic nitrogens is 5. The van der Waals surface area contributed by atoms with E-state index in [1.807, 2.05) is 27.7 Å². The average Bonchev–Trinajstić information content (AvgIpc) is 3.67. The van der Waals surface area contributed by atoms with Gasteiger partial charge in [0.15, 0.2) is 0 Å². The quantitative estimate of drug-likeness (QED) is 0.204. The summed E-state index contributed by atoms with van der Waals surface area (Å²) in [6.45, 7) is 13.9. The van der Waals surface area contributed by atoms with Gasteiger partial charge in [0.1, 0.15) is 35.1 Å². The van der Waals surface area contributed by atoms with Crippen LogP contribution < -0.4 is 24.9 Å². The van der Waals surface area contributed by atoms with Crippen LogP contribution >= 0.6 is 0 Å². The van der Waals surface area contributed by atoms with Gasteiger partial charge in [0.2, 0.25) is 0 Å². The van der Waals surface area contributed by atoms with Crippen LogP contribution in [0, 0.1) is 13.8 Å². The molecule has 0 saturated carbocycles. The Balaban J connectivity index is 0.000000162. The summed E-state index contributed by atoms with van der Waals surface area (Å²) < 4.78 is 83.2. The van der Waals surface area contributed by atoms with Crippen LogP contribution in [0.1, 0.15) is 84.2 Å². The van der Waals surface area contributed by atoms with Gasteiger partial charge in [-0.2, -0.15) is 26.3 Å². The maximum Gasteiger partial charge on any atom is 0.433 e. The number of carbonyl (C=O) groups is 2. The highest BCUT2D eigenvalue weighted by molar-refractivity contribution is 5.77. The third kappa shape index (κ3) is 8.35. The van der Waals surface area contributed by atoms with Gasteiger partial charge in [0.25, 0.3) is 0 Å². The van der Waals surface area contributed by atoms with Gasteiger partial charge in [-0.25, -0.2) is 29.5 Å². The summed E-state index contributed by atoms with van der Waals surface area (Å²) in [6.07, 6.45) is -6.24. The molecule has 2 unspecified atom stereocenters. The van der Waals surface area contributed by atoms with Crippen molar-refractivity contribution in [1.82, 2.24) is 40.0 Å². The molecule has 3 amide bonds. The highest BCUT2D eigenvalue weighted by Gasteiger charge is 2.42. The van der Waals surface area contributed by atoms with Crippen LogP contribution in [0.4, 0.5) is 58.9 Å². The number of hydrogen-bond donors (Lipinski definition) is 1. The molecule has 1 N–H and O–H groups in total. The Morgan fingerprint density at radius 1 is 0.688 bits per heavy atom. The van der Waals surface area contributed by atoms with E-state index in [2.05, 4.69) is 40.0 Å². The predicted molar refractivity (Wildman–Crippen MR) is 223 cm³/mol. The van der Waals surface area contributed by atoms with E-state index < -0.39 is 29.7 Å². The number of benzene rings is 1. The maximum atomic E-state index is 13.0. The molecule has 64 heavy (non-hydrogen) atoms. The molecule has 4 fully saturated rings. The number of fused-ring (bicyclic) bond motifs is 2. The molecular weight excluding hydrogens is 847 g/mol. The lowest BCUT2D eigenvalue weighted by Gasteiger charge is -2.42. The molecule has 0 bridgehead atoms. The van der Waals surface area contributed by atoms with Crippen molar-refractivity contribution in [1.29, 1.82) is 0 Å². The molecule has 340 valence electrons. The zero-order valence-electron chi connectivity index (χ0n) is 35.7. The molecule has 9 heterocycles. The molecule has 0 radical (unpaired) electrons. The number of anilines is 4. The largest absolute Gasteiger partial charge is 0.442 e. The van der Waals surface area contributed by atoms with Gasteiger partial charge in [-0.1, -0.05) is 6.07 Å². The van der Waals surface area contributed by atoms with Gasteiger partial charge < -0.3 is 34.6 Å². The van der Waals surface area contributed by atoms with Crippen molar-refractivity contribution < 1.29 is 40.7 Å². The number of rotatable bonds is 6. The van der Waals surface area contributed by atoms with Crippen LogP contribution in [0.2, 0.25) is 0 Å². The highest BCUT2D eigenvalue weighted by atomic mass is 19.4. The number of amides is 3. The lowest BCUT2D eigenvalue weighted by atomic mass is 10.1. The van der Waals surface area contributed by atoms with E-state index in [1.165, 1.54) is 6.07 Å². The van der Waals surface area contributed by atoms with Crippen LogP contribution in [-0.2, 0) is 30.2 Å². The minimum absolute atomic E-state index is 0.136. The molecule has 21 heteroatoms. The summed E-state index contributed by atoms with van der Waals surface area (Å²) >= 11 is 0. The van der Waals surface area contributed by atoms with Crippen molar-refractivity contribution in [2.75, 3.05) is 72.0 Å². The van der Waals surface area contributed by atoms with Gasteiger partial charge in [-0.15, -0.1) is 0 Å². The van der Waals surface area contributed by atoms with Crippen LogP contribution in [-0.4, -0.2) is 111 Å². The lowest BCUT2D eigenvalue weighted by Crippen LogP contribution is -2.61.